The first kappa shape index (κ1) is 34.1. The number of carbonyl (C=O) groups is 1. The van der Waals surface area contributed by atoms with Crippen LogP contribution >= 0.6 is 0 Å². The molecule has 0 radical (unpaired) electrons. The van der Waals surface area contributed by atoms with E-state index in [0.29, 0.717) is 55.1 Å². The van der Waals surface area contributed by atoms with Crippen molar-refractivity contribution in [3.05, 3.63) is 89.3 Å². The number of carbonyl (C=O) groups excluding carboxylic acids is 1. The van der Waals surface area contributed by atoms with Crippen LogP contribution in [-0.2, 0) is 16.7 Å². The van der Waals surface area contributed by atoms with Gasteiger partial charge in [-0.3, -0.25) is 9.64 Å². The molecule has 4 aromatic rings. The number of anilines is 1. The molecule has 2 aliphatic rings. The number of hydrogen-bond donors (Lipinski definition) is 1. The fourth-order valence-corrected chi connectivity index (χ4v) is 7.34. The van der Waals surface area contributed by atoms with Crippen LogP contribution in [0, 0.1) is 6.57 Å². The van der Waals surface area contributed by atoms with Crippen molar-refractivity contribution >= 4 is 22.9 Å². The molecule has 2 saturated heterocycles. The summed E-state index contributed by atoms with van der Waals surface area (Å²) < 4.78 is 24.2. The van der Waals surface area contributed by atoms with Crippen molar-refractivity contribution < 1.29 is 23.7 Å². The van der Waals surface area contributed by atoms with Gasteiger partial charge in [0.2, 0.25) is 11.7 Å². The molecular formula is C38H46N6O5. The monoisotopic (exact) mass is 666 g/mol. The van der Waals surface area contributed by atoms with Gasteiger partial charge in [-0.1, -0.05) is 42.5 Å². The van der Waals surface area contributed by atoms with Crippen LogP contribution in [0.5, 0.6) is 17.2 Å². The largest absolute Gasteiger partial charge is 0.493 e. The highest BCUT2D eigenvalue weighted by Crippen LogP contribution is 2.41. The van der Waals surface area contributed by atoms with Gasteiger partial charge < -0.3 is 38.6 Å². The fourth-order valence-electron chi connectivity index (χ4n) is 7.34. The summed E-state index contributed by atoms with van der Waals surface area (Å²) in [7, 11) is 4.69. The van der Waals surface area contributed by atoms with E-state index in [0.717, 1.165) is 62.3 Å². The fraction of sp³-hybridized carbons (Fsp3) is 0.447. The van der Waals surface area contributed by atoms with Crippen molar-refractivity contribution in [2.45, 2.75) is 43.7 Å². The van der Waals surface area contributed by atoms with Gasteiger partial charge in [0.15, 0.2) is 11.5 Å². The minimum atomic E-state index is -0.132. The Hall–Kier alpha value is -4.79. The smallest absolute Gasteiger partial charge is 0.318 e. The number of amides is 1. The normalized spacial score (nSPS) is 18.4. The van der Waals surface area contributed by atoms with Crippen LogP contribution in [0.1, 0.15) is 41.6 Å². The number of benzene rings is 3. The molecule has 3 aromatic carbocycles. The summed E-state index contributed by atoms with van der Waals surface area (Å²) in [4.78, 5) is 26.6. The number of aromatic nitrogens is 2. The van der Waals surface area contributed by atoms with E-state index in [9.17, 15) is 4.79 Å². The zero-order chi connectivity index (χ0) is 34.2. The molecule has 1 unspecified atom stereocenters. The highest BCUT2D eigenvalue weighted by Gasteiger charge is 2.42. The SMILES string of the molecule is [C-]#[N+]COCCn1c(NC2CCN(CCC3(c4ccccc4)CCN(C(=O)c4cc(OC)c(OC)c(OC)c4)C3)CC2)nc2ccccc21. The lowest BCUT2D eigenvalue weighted by atomic mass is 9.76. The molecule has 0 aliphatic carbocycles. The van der Waals surface area contributed by atoms with Crippen molar-refractivity contribution in [3.63, 3.8) is 0 Å². The Balaban J connectivity index is 1.10. The van der Waals surface area contributed by atoms with Crippen LogP contribution in [0.4, 0.5) is 5.95 Å². The van der Waals surface area contributed by atoms with E-state index >= 15 is 0 Å². The number of imidazole rings is 1. The zero-order valence-corrected chi connectivity index (χ0v) is 28.7. The number of likely N-dealkylation sites (tertiary alicyclic amines) is 2. The van der Waals surface area contributed by atoms with E-state index in [1.807, 2.05) is 23.1 Å². The third kappa shape index (κ3) is 7.46. The number of para-hydroxylation sites is 2. The van der Waals surface area contributed by atoms with Gasteiger partial charge >= 0.3 is 6.73 Å². The Morgan fingerprint density at radius 1 is 0.959 bits per heavy atom. The predicted molar refractivity (Wildman–Crippen MR) is 190 cm³/mol. The van der Waals surface area contributed by atoms with E-state index in [2.05, 4.69) is 56.0 Å². The van der Waals surface area contributed by atoms with Gasteiger partial charge in [0, 0.05) is 49.7 Å². The first-order chi connectivity index (χ1) is 24.0. The molecule has 6 rings (SSSR count). The molecule has 1 amide bonds. The Morgan fingerprint density at radius 2 is 1.67 bits per heavy atom. The molecule has 1 N–H and O–H groups in total. The molecule has 3 heterocycles. The molecule has 49 heavy (non-hydrogen) atoms. The number of ether oxygens (including phenoxy) is 4. The van der Waals surface area contributed by atoms with Crippen LogP contribution in [0.3, 0.4) is 0 Å². The average Bonchev–Trinajstić information content (AvgIpc) is 3.74. The number of piperidine rings is 1. The van der Waals surface area contributed by atoms with Gasteiger partial charge in [-0.2, -0.15) is 0 Å². The molecule has 11 heteroatoms. The van der Waals surface area contributed by atoms with Crippen LogP contribution in [0.15, 0.2) is 66.7 Å². The molecule has 0 saturated carbocycles. The quantitative estimate of drug-likeness (QED) is 0.135. The second-order valence-electron chi connectivity index (χ2n) is 12.8. The maximum Gasteiger partial charge on any atom is 0.318 e. The molecule has 2 fully saturated rings. The van der Waals surface area contributed by atoms with Gasteiger partial charge in [-0.05, 0) is 62.1 Å². The van der Waals surface area contributed by atoms with E-state index < -0.39 is 0 Å². The Labute approximate surface area is 288 Å². The number of nitrogens with one attached hydrogen (secondary N) is 1. The number of methoxy groups -OCH3 is 3. The van der Waals surface area contributed by atoms with Gasteiger partial charge in [0.05, 0.1) is 39.0 Å². The highest BCUT2D eigenvalue weighted by atomic mass is 16.5. The summed E-state index contributed by atoms with van der Waals surface area (Å²) in [6.07, 6.45) is 3.90. The van der Waals surface area contributed by atoms with Crippen LogP contribution in [0.25, 0.3) is 15.9 Å². The van der Waals surface area contributed by atoms with Crippen LogP contribution in [-0.4, -0.2) is 98.7 Å². The number of nitrogens with zero attached hydrogens (tertiary/aromatic N) is 5. The maximum absolute atomic E-state index is 13.9. The standard InChI is InChI=1S/C38H46N6O5/c1-39-27-49-23-22-44-32-13-9-8-12-31(32)41-37(44)40-30-14-18-42(19-15-30)20-16-38(29-10-6-5-7-11-29)17-21-43(26-38)36(45)28-24-33(46-2)35(48-4)34(25-28)47-3/h5-13,24-25,30H,14-23,26-27H2,2-4H3,(H,40,41). The second-order valence-corrected chi connectivity index (χ2v) is 12.8. The van der Waals surface area contributed by atoms with Crippen molar-refractivity contribution in [2.24, 2.45) is 0 Å². The Morgan fingerprint density at radius 3 is 2.37 bits per heavy atom. The minimum absolute atomic E-state index is 0.0343. The van der Waals surface area contributed by atoms with Gasteiger partial charge in [-0.25, -0.2) is 11.6 Å². The lowest BCUT2D eigenvalue weighted by molar-refractivity contribution is 0.0779. The lowest BCUT2D eigenvalue weighted by Gasteiger charge is -2.36. The Kier molecular flexibility index (Phi) is 10.9. The molecule has 11 nitrogen and oxygen atoms in total. The molecule has 258 valence electrons. The molecule has 1 aromatic heterocycles. The summed E-state index contributed by atoms with van der Waals surface area (Å²) >= 11 is 0. The predicted octanol–water partition coefficient (Wildman–Crippen LogP) is 5.71. The summed E-state index contributed by atoms with van der Waals surface area (Å²) in [5, 5.41) is 3.73. The first-order valence-electron chi connectivity index (χ1n) is 17.0. The lowest BCUT2D eigenvalue weighted by Crippen LogP contribution is -2.42. The number of rotatable bonds is 14. The first-order valence-corrected chi connectivity index (χ1v) is 17.0. The summed E-state index contributed by atoms with van der Waals surface area (Å²) in [5.74, 6) is 2.24. The minimum Gasteiger partial charge on any atom is -0.493 e. The number of fused-ring (bicyclic) bond motifs is 1. The van der Waals surface area contributed by atoms with Crippen LogP contribution < -0.4 is 19.5 Å². The molecule has 0 bridgehead atoms. The van der Waals surface area contributed by atoms with E-state index in [1.165, 1.54) is 5.56 Å². The van der Waals surface area contributed by atoms with Gasteiger partial charge in [-0.15, -0.1) is 0 Å². The summed E-state index contributed by atoms with van der Waals surface area (Å²) in [5.41, 5.74) is 3.69. The third-order valence-corrected chi connectivity index (χ3v) is 10.0. The number of hydrogen-bond acceptors (Lipinski definition) is 8. The van der Waals surface area contributed by atoms with E-state index in [-0.39, 0.29) is 18.1 Å². The van der Waals surface area contributed by atoms with E-state index in [1.54, 1.807) is 33.5 Å². The zero-order valence-electron chi connectivity index (χ0n) is 28.7. The van der Waals surface area contributed by atoms with E-state index in [4.69, 9.17) is 30.5 Å². The Bertz CT molecular complexity index is 1740. The van der Waals surface area contributed by atoms with Crippen LogP contribution in [0.2, 0.25) is 0 Å². The van der Waals surface area contributed by atoms with Crippen molar-refractivity contribution in [1.29, 1.82) is 0 Å². The topological polar surface area (TPSA) is 94.7 Å². The van der Waals surface area contributed by atoms with Crippen molar-refractivity contribution in [2.75, 3.05) is 72.7 Å². The molecular weight excluding hydrogens is 620 g/mol. The summed E-state index contributed by atoms with van der Waals surface area (Å²) in [6.45, 7) is 12.4. The van der Waals surface area contributed by atoms with Gasteiger partial charge in [0.1, 0.15) is 0 Å². The second kappa shape index (κ2) is 15.6. The van der Waals surface area contributed by atoms with Gasteiger partial charge in [0.25, 0.3) is 5.91 Å². The maximum atomic E-state index is 13.9. The third-order valence-electron chi connectivity index (χ3n) is 10.0. The highest BCUT2D eigenvalue weighted by molar-refractivity contribution is 5.96. The summed E-state index contributed by atoms with van der Waals surface area (Å²) in [6, 6.07) is 22.6. The van der Waals surface area contributed by atoms with Crippen molar-refractivity contribution in [3.8, 4) is 17.2 Å². The molecule has 0 spiro atoms. The molecule has 2 aliphatic heterocycles. The molecule has 1 atom stereocenters. The van der Waals surface area contributed by atoms with Crippen molar-refractivity contribution in [1.82, 2.24) is 19.4 Å². The average molecular weight is 667 g/mol.